The minimum Gasteiger partial charge on any atom is -0.208 e. The minimum atomic E-state index is -3.99. The van der Waals surface area contributed by atoms with Crippen LogP contribution in [-0.4, -0.2) is 12.4 Å². The van der Waals surface area contributed by atoms with Gasteiger partial charge in [-0.3, -0.25) is 0 Å². The van der Waals surface area contributed by atoms with E-state index in [4.69, 9.17) is 0 Å². The van der Waals surface area contributed by atoms with Crippen molar-refractivity contribution in [2.45, 2.75) is 44.9 Å². The zero-order chi connectivity index (χ0) is 18.2. The molecule has 0 spiro atoms. The fourth-order valence-electron chi connectivity index (χ4n) is 3.05. The van der Waals surface area contributed by atoms with Crippen LogP contribution in [-0.2, 0) is 16.4 Å². The molecule has 3 nitrogen and oxygen atoms in total. The molecule has 25 heavy (non-hydrogen) atoms. The van der Waals surface area contributed by atoms with E-state index in [-0.39, 0.29) is 4.90 Å². The van der Waals surface area contributed by atoms with E-state index in [1.165, 1.54) is 12.1 Å². The molecule has 2 aromatic carbocycles. The molecule has 0 amide bonds. The van der Waals surface area contributed by atoms with Crippen LogP contribution in [0.2, 0.25) is 0 Å². The van der Waals surface area contributed by atoms with Crippen molar-refractivity contribution in [1.82, 2.24) is 3.97 Å². The van der Waals surface area contributed by atoms with Gasteiger partial charge in [-0.15, -0.1) is 0 Å². The van der Waals surface area contributed by atoms with Crippen LogP contribution in [0.1, 0.15) is 36.5 Å². The normalized spacial score (nSPS) is 12.0. The Balaban J connectivity index is 2.29. The highest BCUT2D eigenvalue weighted by molar-refractivity contribution is 7.90. The number of benzene rings is 2. The second kappa shape index (κ2) is 6.64. The second-order valence-electron chi connectivity index (χ2n) is 6.48. The maximum Gasteiger partial charge on any atom is 0.270 e. The first kappa shape index (κ1) is 17.7. The lowest BCUT2D eigenvalue weighted by Gasteiger charge is -2.09. The quantitative estimate of drug-likeness (QED) is 0.645. The zero-order valence-electron chi connectivity index (χ0n) is 14.7. The van der Waals surface area contributed by atoms with Gasteiger partial charge >= 0.3 is 0 Å². The van der Waals surface area contributed by atoms with Gasteiger partial charge in [0, 0.05) is 10.9 Å². The first-order valence-electron chi connectivity index (χ1n) is 8.48. The Bertz CT molecular complexity index is 1020. The van der Waals surface area contributed by atoms with Crippen molar-refractivity contribution in [2.75, 3.05) is 0 Å². The number of halogens is 1. The lowest BCUT2D eigenvalue weighted by atomic mass is 10.1. The van der Waals surface area contributed by atoms with Gasteiger partial charge in [0.2, 0.25) is 5.95 Å². The summed E-state index contributed by atoms with van der Waals surface area (Å²) in [5.41, 5.74) is 2.74. The maximum atomic E-state index is 15.2. The summed E-state index contributed by atoms with van der Waals surface area (Å²) in [5, 5.41) is 0.673. The third kappa shape index (κ3) is 3.09. The number of rotatable bonds is 5. The molecule has 1 heterocycles. The summed E-state index contributed by atoms with van der Waals surface area (Å²) in [7, 11) is -3.99. The van der Waals surface area contributed by atoms with Crippen LogP contribution < -0.4 is 0 Å². The molecule has 0 fully saturated rings. The standard InChI is InChI=1S/C20H22FNO2S/c1-4-5-6-18-17-12-9-15(3)13-19(17)22(20(18)21)25(23,24)16-10-7-14(2)8-11-16/h7-13H,4-6H2,1-3H3. The maximum absolute atomic E-state index is 15.2. The summed E-state index contributed by atoms with van der Waals surface area (Å²) >= 11 is 0. The van der Waals surface area contributed by atoms with Crippen LogP contribution in [0, 0.1) is 19.8 Å². The number of aromatic nitrogens is 1. The van der Waals surface area contributed by atoms with E-state index in [1.807, 2.05) is 32.9 Å². The summed E-state index contributed by atoms with van der Waals surface area (Å²) in [6.07, 6.45) is 2.26. The highest BCUT2D eigenvalue weighted by Gasteiger charge is 2.27. The van der Waals surface area contributed by atoms with Gasteiger partial charge < -0.3 is 0 Å². The van der Waals surface area contributed by atoms with Crippen molar-refractivity contribution < 1.29 is 12.8 Å². The third-order valence-electron chi connectivity index (χ3n) is 4.46. The molecule has 0 atom stereocenters. The van der Waals surface area contributed by atoms with Gasteiger partial charge in [-0.25, -0.2) is 12.4 Å². The van der Waals surface area contributed by atoms with E-state index in [0.29, 0.717) is 22.9 Å². The van der Waals surface area contributed by atoms with Crippen molar-refractivity contribution in [3.8, 4) is 0 Å². The molecule has 0 unspecified atom stereocenters. The number of hydrogen-bond donors (Lipinski definition) is 0. The average molecular weight is 359 g/mol. The molecule has 0 N–H and O–H groups in total. The van der Waals surface area contributed by atoms with E-state index in [2.05, 4.69) is 0 Å². The molecular weight excluding hydrogens is 337 g/mol. The molecule has 0 saturated heterocycles. The summed E-state index contributed by atoms with van der Waals surface area (Å²) < 4.78 is 42.3. The number of unbranched alkanes of at least 4 members (excludes halogenated alkanes) is 1. The lowest BCUT2D eigenvalue weighted by molar-refractivity contribution is 0.535. The van der Waals surface area contributed by atoms with Gasteiger partial charge in [0.05, 0.1) is 10.4 Å². The molecule has 1 aromatic heterocycles. The van der Waals surface area contributed by atoms with E-state index < -0.39 is 16.0 Å². The predicted octanol–water partition coefficient (Wildman–Crippen LogP) is 4.98. The fourth-order valence-corrected chi connectivity index (χ4v) is 4.47. The van der Waals surface area contributed by atoms with Crippen molar-refractivity contribution in [3.63, 3.8) is 0 Å². The topological polar surface area (TPSA) is 39.1 Å². The predicted molar refractivity (Wildman–Crippen MR) is 99.0 cm³/mol. The van der Waals surface area contributed by atoms with E-state index >= 15 is 4.39 Å². The Hall–Kier alpha value is -2.14. The first-order valence-corrected chi connectivity index (χ1v) is 9.92. The van der Waals surface area contributed by atoms with Crippen LogP contribution in [0.4, 0.5) is 4.39 Å². The van der Waals surface area contributed by atoms with Crippen LogP contribution in [0.15, 0.2) is 47.4 Å². The third-order valence-corrected chi connectivity index (χ3v) is 6.17. The molecule has 132 valence electrons. The SMILES string of the molecule is CCCCc1c(F)n(S(=O)(=O)c2ccc(C)cc2)c2cc(C)ccc12. The van der Waals surface area contributed by atoms with Gasteiger partial charge in [0.25, 0.3) is 10.0 Å². The lowest BCUT2D eigenvalue weighted by Crippen LogP contribution is -2.15. The number of nitrogens with zero attached hydrogens (tertiary/aromatic N) is 1. The number of fused-ring (bicyclic) bond motifs is 1. The van der Waals surface area contributed by atoms with E-state index in [9.17, 15) is 8.42 Å². The average Bonchev–Trinajstić information content (AvgIpc) is 2.84. The first-order chi connectivity index (χ1) is 11.9. The minimum absolute atomic E-state index is 0.0949. The molecule has 0 bridgehead atoms. The van der Waals surface area contributed by atoms with E-state index in [1.54, 1.807) is 18.2 Å². The summed E-state index contributed by atoms with van der Waals surface area (Å²) in [6, 6.07) is 11.9. The van der Waals surface area contributed by atoms with Gasteiger partial charge in [-0.1, -0.05) is 43.2 Å². The van der Waals surface area contributed by atoms with Gasteiger partial charge in [0.1, 0.15) is 0 Å². The van der Waals surface area contributed by atoms with Crippen LogP contribution in [0.3, 0.4) is 0 Å². The summed E-state index contributed by atoms with van der Waals surface area (Å²) in [6.45, 7) is 5.79. The molecule has 3 rings (SSSR count). The molecule has 0 aliphatic rings. The molecule has 0 aliphatic carbocycles. The Morgan fingerprint density at radius 1 is 1.00 bits per heavy atom. The largest absolute Gasteiger partial charge is 0.270 e. The molecule has 0 aliphatic heterocycles. The Morgan fingerprint density at radius 2 is 1.64 bits per heavy atom. The van der Waals surface area contributed by atoms with Crippen molar-refractivity contribution in [2.24, 2.45) is 0 Å². The fraction of sp³-hybridized carbons (Fsp3) is 0.300. The second-order valence-corrected chi connectivity index (χ2v) is 8.26. The smallest absolute Gasteiger partial charge is 0.208 e. The number of hydrogen-bond acceptors (Lipinski definition) is 2. The van der Waals surface area contributed by atoms with Gasteiger partial charge in [-0.2, -0.15) is 4.39 Å². The van der Waals surface area contributed by atoms with Gasteiger partial charge in [-0.05, 0) is 50.5 Å². The Morgan fingerprint density at radius 3 is 2.28 bits per heavy atom. The van der Waals surface area contributed by atoms with Crippen LogP contribution in [0.5, 0.6) is 0 Å². The molecule has 5 heteroatoms. The van der Waals surface area contributed by atoms with Crippen LogP contribution in [0.25, 0.3) is 10.9 Å². The molecule has 0 radical (unpaired) electrons. The van der Waals surface area contributed by atoms with E-state index in [0.717, 1.165) is 27.9 Å². The molecule has 3 aromatic rings. The van der Waals surface area contributed by atoms with Crippen molar-refractivity contribution >= 4 is 20.9 Å². The highest BCUT2D eigenvalue weighted by Crippen LogP contribution is 2.31. The Labute approximate surface area is 148 Å². The summed E-state index contributed by atoms with van der Waals surface area (Å²) in [4.78, 5) is 0.0949. The monoisotopic (exact) mass is 359 g/mol. The van der Waals surface area contributed by atoms with Crippen LogP contribution >= 0.6 is 0 Å². The van der Waals surface area contributed by atoms with Crippen molar-refractivity contribution in [3.05, 3.63) is 65.1 Å². The Kier molecular flexibility index (Phi) is 4.69. The molecular formula is C20H22FNO2S. The number of aryl methyl sites for hydroxylation is 3. The summed E-state index contributed by atoms with van der Waals surface area (Å²) in [5.74, 6) is -0.672. The molecule has 0 saturated carbocycles. The van der Waals surface area contributed by atoms with Crippen molar-refractivity contribution in [1.29, 1.82) is 0 Å². The van der Waals surface area contributed by atoms with Gasteiger partial charge in [0.15, 0.2) is 0 Å². The highest BCUT2D eigenvalue weighted by atomic mass is 32.2. The zero-order valence-corrected chi connectivity index (χ0v) is 15.5.